The van der Waals surface area contributed by atoms with E-state index in [4.69, 9.17) is 14.2 Å². The average molecular weight is 416 g/mol. The van der Waals surface area contributed by atoms with Crippen molar-refractivity contribution in [3.05, 3.63) is 41.3 Å². The van der Waals surface area contributed by atoms with Crippen molar-refractivity contribution in [2.24, 2.45) is 7.05 Å². The number of ketones is 1. The van der Waals surface area contributed by atoms with Crippen LogP contribution in [-0.2, 0) is 27.7 Å². The van der Waals surface area contributed by atoms with Crippen LogP contribution in [0.3, 0.4) is 0 Å². The van der Waals surface area contributed by atoms with Gasteiger partial charge in [0.2, 0.25) is 5.88 Å². The number of hydrogen-bond donors (Lipinski definition) is 0. The molecule has 30 heavy (non-hydrogen) atoms. The van der Waals surface area contributed by atoms with E-state index in [0.29, 0.717) is 18.9 Å². The standard InChI is InChI=1S/C21H28N4O5/c1-3-29-19(27)14-18(26)20-17(15-24(2)23-20)13-16-5-4-6-22-21(16)30-12-9-25-7-10-28-11-8-25/h4-6,15H,3,7-14H2,1-2H3. The molecule has 9 nitrogen and oxygen atoms in total. The summed E-state index contributed by atoms with van der Waals surface area (Å²) in [6.45, 7) is 6.57. The number of ether oxygens (including phenoxy) is 3. The lowest BCUT2D eigenvalue weighted by Crippen LogP contribution is -2.38. The SMILES string of the molecule is CCOC(=O)CC(=O)c1nn(C)cc1Cc1cccnc1OCCN1CCOCC1. The molecule has 9 heteroatoms. The highest BCUT2D eigenvalue weighted by atomic mass is 16.5. The maximum absolute atomic E-state index is 12.5. The molecule has 0 atom stereocenters. The van der Waals surface area contributed by atoms with Gasteiger partial charge in [-0.2, -0.15) is 5.10 Å². The van der Waals surface area contributed by atoms with Crippen LogP contribution in [-0.4, -0.2) is 77.5 Å². The lowest BCUT2D eigenvalue weighted by molar-refractivity contribution is -0.141. The molecule has 1 saturated heterocycles. The van der Waals surface area contributed by atoms with Gasteiger partial charge in [-0.05, 0) is 13.0 Å². The number of carbonyl (C=O) groups is 2. The Morgan fingerprint density at radius 2 is 2.03 bits per heavy atom. The van der Waals surface area contributed by atoms with E-state index < -0.39 is 5.97 Å². The number of Topliss-reactive ketones (excluding diaryl/α,β-unsaturated/α-hetero) is 1. The van der Waals surface area contributed by atoms with E-state index >= 15 is 0 Å². The largest absolute Gasteiger partial charge is 0.476 e. The van der Waals surface area contributed by atoms with Crippen LogP contribution in [0.4, 0.5) is 0 Å². The van der Waals surface area contributed by atoms with E-state index in [-0.39, 0.29) is 24.5 Å². The first-order valence-corrected chi connectivity index (χ1v) is 10.1. The van der Waals surface area contributed by atoms with Crippen LogP contribution in [0.25, 0.3) is 0 Å². The molecule has 1 aliphatic heterocycles. The zero-order valence-corrected chi connectivity index (χ0v) is 17.5. The zero-order valence-electron chi connectivity index (χ0n) is 17.5. The maximum atomic E-state index is 12.5. The number of hydrogen-bond acceptors (Lipinski definition) is 8. The molecule has 0 bridgehead atoms. The lowest BCUT2D eigenvalue weighted by atomic mass is 10.0. The van der Waals surface area contributed by atoms with Crippen LogP contribution in [0.1, 0.15) is 35.0 Å². The summed E-state index contributed by atoms with van der Waals surface area (Å²) in [4.78, 5) is 30.9. The molecule has 0 spiro atoms. The molecule has 0 aromatic carbocycles. The van der Waals surface area contributed by atoms with Crippen LogP contribution < -0.4 is 4.74 Å². The molecule has 0 saturated carbocycles. The third kappa shape index (κ3) is 6.11. The van der Waals surface area contributed by atoms with Crippen molar-refractivity contribution < 1.29 is 23.8 Å². The molecule has 2 aromatic rings. The molecular formula is C21H28N4O5. The van der Waals surface area contributed by atoms with Crippen molar-refractivity contribution in [2.45, 2.75) is 19.8 Å². The van der Waals surface area contributed by atoms with E-state index in [1.807, 2.05) is 12.1 Å². The fraction of sp³-hybridized carbons (Fsp3) is 0.524. The van der Waals surface area contributed by atoms with Crippen LogP contribution in [0, 0.1) is 0 Å². The fourth-order valence-electron chi connectivity index (χ4n) is 3.32. The summed E-state index contributed by atoms with van der Waals surface area (Å²) in [5, 5.41) is 4.25. The molecule has 0 unspecified atom stereocenters. The van der Waals surface area contributed by atoms with Crippen LogP contribution in [0.2, 0.25) is 0 Å². The van der Waals surface area contributed by atoms with Gasteiger partial charge >= 0.3 is 5.97 Å². The monoisotopic (exact) mass is 416 g/mol. The molecule has 0 radical (unpaired) electrons. The Kier molecular flexibility index (Phi) is 7.92. The van der Waals surface area contributed by atoms with Crippen molar-refractivity contribution in [1.82, 2.24) is 19.7 Å². The Morgan fingerprint density at radius 3 is 2.80 bits per heavy atom. The first-order chi connectivity index (χ1) is 14.6. The van der Waals surface area contributed by atoms with E-state index in [2.05, 4.69) is 15.0 Å². The molecule has 162 valence electrons. The highest BCUT2D eigenvalue weighted by Gasteiger charge is 2.21. The van der Waals surface area contributed by atoms with Gasteiger partial charge in [-0.1, -0.05) is 6.07 Å². The van der Waals surface area contributed by atoms with Gasteiger partial charge in [0.25, 0.3) is 0 Å². The quantitative estimate of drug-likeness (QED) is 0.324. The predicted molar refractivity (Wildman–Crippen MR) is 109 cm³/mol. The van der Waals surface area contributed by atoms with Gasteiger partial charge in [-0.15, -0.1) is 0 Å². The number of esters is 1. The highest BCUT2D eigenvalue weighted by molar-refractivity contribution is 6.05. The van der Waals surface area contributed by atoms with Gasteiger partial charge < -0.3 is 14.2 Å². The summed E-state index contributed by atoms with van der Waals surface area (Å²) < 4.78 is 17.7. The van der Waals surface area contributed by atoms with E-state index in [1.165, 1.54) is 0 Å². The van der Waals surface area contributed by atoms with E-state index in [1.54, 1.807) is 31.0 Å². The molecule has 1 fully saturated rings. The summed E-state index contributed by atoms with van der Waals surface area (Å²) >= 11 is 0. The van der Waals surface area contributed by atoms with Crippen LogP contribution in [0.5, 0.6) is 5.88 Å². The highest BCUT2D eigenvalue weighted by Crippen LogP contribution is 2.21. The minimum atomic E-state index is -0.549. The number of aryl methyl sites for hydroxylation is 1. The van der Waals surface area contributed by atoms with Gasteiger partial charge in [0.05, 0.1) is 19.8 Å². The summed E-state index contributed by atoms with van der Waals surface area (Å²) in [6.07, 6.45) is 3.57. The smallest absolute Gasteiger partial charge is 0.313 e. The Morgan fingerprint density at radius 1 is 1.23 bits per heavy atom. The molecule has 0 N–H and O–H groups in total. The number of rotatable bonds is 10. The molecular weight excluding hydrogens is 388 g/mol. The Labute approximate surface area is 175 Å². The van der Waals surface area contributed by atoms with Crippen LogP contribution >= 0.6 is 0 Å². The Balaban J connectivity index is 1.66. The molecule has 3 heterocycles. The summed E-state index contributed by atoms with van der Waals surface area (Å²) in [5.41, 5.74) is 1.85. The van der Waals surface area contributed by atoms with Crippen molar-refractivity contribution in [2.75, 3.05) is 46.1 Å². The van der Waals surface area contributed by atoms with Gasteiger partial charge in [0.15, 0.2) is 5.78 Å². The number of carbonyl (C=O) groups excluding carboxylic acids is 2. The van der Waals surface area contributed by atoms with Crippen molar-refractivity contribution in [1.29, 1.82) is 0 Å². The van der Waals surface area contributed by atoms with Gasteiger partial charge in [-0.25, -0.2) is 4.98 Å². The van der Waals surface area contributed by atoms with Gasteiger partial charge in [0.1, 0.15) is 18.7 Å². The number of aromatic nitrogens is 3. The maximum Gasteiger partial charge on any atom is 0.313 e. The first kappa shape index (κ1) is 21.9. The Bertz CT molecular complexity index is 861. The number of pyridine rings is 1. The van der Waals surface area contributed by atoms with Crippen LogP contribution in [0.15, 0.2) is 24.5 Å². The molecule has 1 aliphatic rings. The van der Waals surface area contributed by atoms with Gasteiger partial charge in [0, 0.05) is 56.6 Å². The first-order valence-electron chi connectivity index (χ1n) is 10.1. The average Bonchev–Trinajstić information content (AvgIpc) is 3.10. The molecule has 3 rings (SSSR count). The minimum absolute atomic E-state index is 0.238. The van der Waals surface area contributed by atoms with E-state index in [0.717, 1.165) is 44.0 Å². The third-order valence-electron chi connectivity index (χ3n) is 4.76. The number of nitrogens with zero attached hydrogens (tertiary/aromatic N) is 4. The number of morpholine rings is 1. The second-order valence-electron chi connectivity index (χ2n) is 7.03. The summed E-state index contributed by atoms with van der Waals surface area (Å²) in [5.74, 6) is -0.367. The van der Waals surface area contributed by atoms with Crippen molar-refractivity contribution >= 4 is 11.8 Å². The predicted octanol–water partition coefficient (Wildman–Crippen LogP) is 1.25. The third-order valence-corrected chi connectivity index (χ3v) is 4.76. The Hall–Kier alpha value is -2.78. The second-order valence-corrected chi connectivity index (χ2v) is 7.03. The summed E-state index contributed by atoms with van der Waals surface area (Å²) in [6, 6.07) is 3.75. The summed E-state index contributed by atoms with van der Waals surface area (Å²) in [7, 11) is 1.74. The topological polar surface area (TPSA) is 95.8 Å². The van der Waals surface area contributed by atoms with Gasteiger partial charge in [-0.3, -0.25) is 19.2 Å². The van der Waals surface area contributed by atoms with Crippen molar-refractivity contribution in [3.8, 4) is 5.88 Å². The molecule has 0 aliphatic carbocycles. The lowest BCUT2D eigenvalue weighted by Gasteiger charge is -2.26. The zero-order chi connectivity index (χ0) is 21.3. The normalized spacial score (nSPS) is 14.5. The van der Waals surface area contributed by atoms with E-state index in [9.17, 15) is 9.59 Å². The minimum Gasteiger partial charge on any atom is -0.476 e. The fourth-order valence-corrected chi connectivity index (χ4v) is 3.32. The molecule has 0 amide bonds. The van der Waals surface area contributed by atoms with Crippen molar-refractivity contribution in [3.63, 3.8) is 0 Å². The second kappa shape index (κ2) is 10.8. The molecule has 2 aromatic heterocycles.